The van der Waals surface area contributed by atoms with Crippen LogP contribution in [-0.2, 0) is 6.54 Å². The summed E-state index contributed by atoms with van der Waals surface area (Å²) in [5.41, 5.74) is 6.23. The van der Waals surface area contributed by atoms with Crippen LogP contribution in [0, 0.1) is 5.92 Å². The number of amides is 1. The zero-order chi connectivity index (χ0) is 26.4. The highest BCUT2D eigenvalue weighted by Crippen LogP contribution is 2.24. The summed E-state index contributed by atoms with van der Waals surface area (Å²) in [4.78, 5) is 43.0. The molecule has 0 atom stereocenters. The lowest BCUT2D eigenvalue weighted by molar-refractivity contribution is 0.0985. The topological polar surface area (TPSA) is 110 Å². The predicted molar refractivity (Wildman–Crippen MR) is 145 cm³/mol. The van der Waals surface area contributed by atoms with Gasteiger partial charge in [-0.05, 0) is 54.3 Å². The summed E-state index contributed by atoms with van der Waals surface area (Å²) in [5, 5.41) is 0. The van der Waals surface area contributed by atoms with Crippen molar-refractivity contribution < 1.29 is 9.53 Å². The molecule has 3 aromatic carbocycles. The molecule has 4 rings (SSSR count). The summed E-state index contributed by atoms with van der Waals surface area (Å²) in [6, 6.07) is 25.3. The molecule has 8 heteroatoms. The van der Waals surface area contributed by atoms with E-state index in [9.17, 15) is 14.4 Å². The number of hydrogen-bond donors (Lipinski definition) is 2. The molecule has 0 bridgehead atoms. The van der Waals surface area contributed by atoms with Gasteiger partial charge in [-0.25, -0.2) is 4.79 Å². The number of nitrogens with one attached hydrogen (secondary N) is 1. The molecule has 1 aromatic heterocycles. The lowest BCUT2D eigenvalue weighted by atomic mass is 10.1. The van der Waals surface area contributed by atoms with Gasteiger partial charge in [-0.15, -0.1) is 0 Å². The molecule has 4 aromatic rings. The van der Waals surface area contributed by atoms with Crippen LogP contribution >= 0.6 is 0 Å². The molecule has 1 heterocycles. The van der Waals surface area contributed by atoms with Crippen LogP contribution < -0.4 is 26.6 Å². The Balaban J connectivity index is 1.69. The van der Waals surface area contributed by atoms with E-state index in [4.69, 9.17) is 10.5 Å². The van der Waals surface area contributed by atoms with E-state index < -0.39 is 17.2 Å². The number of aromatic amines is 1. The first kappa shape index (κ1) is 25.5. The normalized spacial score (nSPS) is 10.9. The number of hydrogen-bond acceptors (Lipinski definition) is 5. The second-order valence-electron chi connectivity index (χ2n) is 9.14. The van der Waals surface area contributed by atoms with E-state index in [-0.39, 0.29) is 30.5 Å². The number of aromatic nitrogens is 2. The molecular weight excluding hydrogens is 468 g/mol. The molecule has 0 aliphatic rings. The molecule has 37 heavy (non-hydrogen) atoms. The average molecular weight is 499 g/mol. The van der Waals surface area contributed by atoms with Crippen LogP contribution in [0.1, 0.15) is 36.2 Å². The number of nitrogens with zero attached hydrogens (tertiary/aromatic N) is 2. The summed E-state index contributed by atoms with van der Waals surface area (Å²) in [6.07, 6.45) is 0.637. The SMILES string of the molecule is CC(C)CCN(C(=O)c1ccc(Oc2ccccc2)cc1)c1c(N)n(Cc2ccccc2)c(=O)[nH]c1=O. The molecule has 0 aliphatic heterocycles. The molecule has 0 saturated heterocycles. The quantitative estimate of drug-likeness (QED) is 0.349. The number of benzene rings is 3. The molecule has 0 spiro atoms. The fourth-order valence-corrected chi connectivity index (χ4v) is 3.91. The maximum atomic E-state index is 13.7. The third-order valence-electron chi connectivity index (χ3n) is 5.92. The summed E-state index contributed by atoms with van der Waals surface area (Å²) in [5.74, 6) is 1.07. The molecule has 0 unspecified atom stereocenters. The minimum atomic E-state index is -0.701. The maximum absolute atomic E-state index is 13.7. The number of nitrogens with two attached hydrogens (primary N) is 1. The maximum Gasteiger partial charge on any atom is 0.330 e. The van der Waals surface area contributed by atoms with Crippen molar-refractivity contribution >= 4 is 17.4 Å². The van der Waals surface area contributed by atoms with Gasteiger partial charge in [-0.2, -0.15) is 0 Å². The lowest BCUT2D eigenvalue weighted by Crippen LogP contribution is -2.42. The number of rotatable bonds is 9. The van der Waals surface area contributed by atoms with Crippen LogP contribution in [0.3, 0.4) is 0 Å². The molecule has 0 saturated carbocycles. The van der Waals surface area contributed by atoms with Crippen LogP contribution in [0.4, 0.5) is 11.5 Å². The first-order valence-electron chi connectivity index (χ1n) is 12.1. The fourth-order valence-electron chi connectivity index (χ4n) is 3.91. The van der Waals surface area contributed by atoms with Gasteiger partial charge in [0.25, 0.3) is 11.5 Å². The molecule has 0 aliphatic carbocycles. The van der Waals surface area contributed by atoms with Crippen molar-refractivity contribution in [3.63, 3.8) is 0 Å². The molecule has 8 nitrogen and oxygen atoms in total. The van der Waals surface area contributed by atoms with Gasteiger partial charge in [-0.1, -0.05) is 62.4 Å². The van der Waals surface area contributed by atoms with Gasteiger partial charge >= 0.3 is 5.69 Å². The van der Waals surface area contributed by atoms with Crippen LogP contribution in [0.25, 0.3) is 0 Å². The highest BCUT2D eigenvalue weighted by molar-refractivity contribution is 6.07. The molecule has 1 amide bonds. The van der Waals surface area contributed by atoms with Gasteiger partial charge in [0.05, 0.1) is 6.54 Å². The highest BCUT2D eigenvalue weighted by Gasteiger charge is 2.25. The minimum absolute atomic E-state index is 0.0363. The Morgan fingerprint density at radius 1 is 0.919 bits per heavy atom. The van der Waals surface area contributed by atoms with Crippen molar-refractivity contribution in [3.05, 3.63) is 117 Å². The smallest absolute Gasteiger partial charge is 0.330 e. The number of carbonyl (C=O) groups is 1. The largest absolute Gasteiger partial charge is 0.457 e. The molecule has 0 radical (unpaired) electrons. The van der Waals surface area contributed by atoms with Gasteiger partial charge in [0.15, 0.2) is 5.69 Å². The van der Waals surface area contributed by atoms with E-state index in [0.717, 1.165) is 5.56 Å². The fraction of sp³-hybridized carbons (Fsp3) is 0.207. The van der Waals surface area contributed by atoms with Crippen molar-refractivity contribution in [1.29, 1.82) is 0 Å². The summed E-state index contributed by atoms with van der Waals surface area (Å²) < 4.78 is 7.10. The van der Waals surface area contributed by atoms with Crippen LogP contribution in [-0.4, -0.2) is 22.0 Å². The first-order valence-corrected chi connectivity index (χ1v) is 12.1. The Bertz CT molecular complexity index is 1460. The number of anilines is 2. The van der Waals surface area contributed by atoms with Crippen molar-refractivity contribution in [2.75, 3.05) is 17.2 Å². The zero-order valence-corrected chi connectivity index (χ0v) is 20.9. The minimum Gasteiger partial charge on any atom is -0.457 e. The van der Waals surface area contributed by atoms with Crippen molar-refractivity contribution in [2.45, 2.75) is 26.8 Å². The summed E-state index contributed by atoms with van der Waals surface area (Å²) in [6.45, 7) is 4.48. The Kier molecular flexibility index (Phi) is 7.88. The number of H-pyrrole nitrogens is 1. The molecule has 0 fully saturated rings. The molecule has 3 N–H and O–H groups in total. The number of ether oxygens (including phenoxy) is 1. The lowest BCUT2D eigenvalue weighted by Gasteiger charge is -2.25. The molecule has 190 valence electrons. The Morgan fingerprint density at radius 2 is 1.51 bits per heavy atom. The summed E-state index contributed by atoms with van der Waals surface area (Å²) >= 11 is 0. The Morgan fingerprint density at radius 3 is 2.14 bits per heavy atom. The van der Waals surface area contributed by atoms with Crippen LogP contribution in [0.5, 0.6) is 11.5 Å². The van der Waals surface area contributed by atoms with E-state index in [1.54, 1.807) is 24.3 Å². The first-order chi connectivity index (χ1) is 17.8. The number of nitrogen functional groups attached to an aromatic ring is 1. The van der Waals surface area contributed by atoms with Crippen LogP contribution in [0.15, 0.2) is 94.5 Å². The average Bonchev–Trinajstić information content (AvgIpc) is 2.89. The van der Waals surface area contributed by atoms with Gasteiger partial charge in [-0.3, -0.25) is 19.1 Å². The number of carbonyl (C=O) groups excluding carboxylic acids is 1. The monoisotopic (exact) mass is 498 g/mol. The van der Waals surface area contributed by atoms with Gasteiger partial charge in [0.2, 0.25) is 0 Å². The van der Waals surface area contributed by atoms with E-state index in [1.807, 2.05) is 74.5 Å². The third-order valence-corrected chi connectivity index (χ3v) is 5.92. The second kappa shape index (κ2) is 11.4. The van der Waals surface area contributed by atoms with E-state index in [2.05, 4.69) is 4.98 Å². The van der Waals surface area contributed by atoms with Crippen LogP contribution in [0.2, 0.25) is 0 Å². The Labute approximate surface area is 215 Å². The van der Waals surface area contributed by atoms with Crippen molar-refractivity contribution in [1.82, 2.24) is 9.55 Å². The van der Waals surface area contributed by atoms with E-state index in [0.29, 0.717) is 23.5 Å². The second-order valence-corrected chi connectivity index (χ2v) is 9.14. The number of para-hydroxylation sites is 1. The van der Waals surface area contributed by atoms with Crippen molar-refractivity contribution in [3.8, 4) is 11.5 Å². The zero-order valence-electron chi connectivity index (χ0n) is 20.9. The van der Waals surface area contributed by atoms with E-state index in [1.165, 1.54) is 9.47 Å². The Hall–Kier alpha value is -4.59. The van der Waals surface area contributed by atoms with Gasteiger partial charge < -0.3 is 15.4 Å². The van der Waals surface area contributed by atoms with E-state index >= 15 is 0 Å². The highest BCUT2D eigenvalue weighted by atomic mass is 16.5. The molecular formula is C29H30N4O4. The summed E-state index contributed by atoms with van der Waals surface area (Å²) in [7, 11) is 0. The third kappa shape index (κ3) is 6.16. The van der Waals surface area contributed by atoms with Gasteiger partial charge in [0, 0.05) is 12.1 Å². The van der Waals surface area contributed by atoms with Crippen molar-refractivity contribution in [2.24, 2.45) is 5.92 Å². The van der Waals surface area contributed by atoms with Gasteiger partial charge in [0.1, 0.15) is 17.3 Å². The predicted octanol–water partition coefficient (Wildman–Crippen LogP) is 4.65. The standard InChI is InChI=1S/C29H30N4O4/c1-20(2)17-18-32(28(35)22-13-15-24(16-14-22)37-23-11-7-4-8-12-23)25-26(30)33(29(36)31-27(25)34)19-21-9-5-3-6-10-21/h3-16,20H,17-19,30H2,1-2H3,(H,31,34,36).